The molecule has 2 bridgehead atoms. The maximum Gasteiger partial charge on any atom is 0.169 e. The minimum atomic E-state index is -1.33. The van der Waals surface area contributed by atoms with Gasteiger partial charge in [-0.15, -0.1) is 0 Å². The summed E-state index contributed by atoms with van der Waals surface area (Å²) in [6, 6.07) is 42.9. The van der Waals surface area contributed by atoms with Gasteiger partial charge < -0.3 is 0 Å². The van der Waals surface area contributed by atoms with Crippen molar-refractivity contribution in [1.82, 2.24) is 0 Å². The number of carbonyl (C=O) groups excluding carboxylic acids is 3. The van der Waals surface area contributed by atoms with E-state index in [-0.39, 0.29) is 17.3 Å². The van der Waals surface area contributed by atoms with Crippen molar-refractivity contribution in [2.75, 3.05) is 0 Å². The predicted molar refractivity (Wildman–Crippen MR) is 163 cm³/mol. The Morgan fingerprint density at radius 2 is 0.714 bits per heavy atom. The Hall–Kier alpha value is -5.15. The lowest BCUT2D eigenvalue weighted by atomic mass is 9.53. The fraction of sp³-hybridized carbons (Fsp3) is 0.103. The van der Waals surface area contributed by atoms with Crippen LogP contribution >= 0.6 is 0 Å². The SMILES string of the molecule is O=C1c2ccccc2C(=O)C2C1[C@]1(c3ccccc3)C(=O)[C@@]2(c2ccccc2)c2c1c1ccccc1c1ccccc21. The lowest BCUT2D eigenvalue weighted by molar-refractivity contribution is -0.123. The molecule has 2 unspecified atom stereocenters. The number of benzene rings is 6. The van der Waals surface area contributed by atoms with Gasteiger partial charge in [-0.1, -0.05) is 133 Å². The molecule has 6 aromatic rings. The Labute approximate surface area is 242 Å². The molecule has 6 aromatic carbocycles. The third kappa shape index (κ3) is 2.44. The zero-order valence-electron chi connectivity index (χ0n) is 22.6. The quantitative estimate of drug-likeness (QED) is 0.214. The van der Waals surface area contributed by atoms with Gasteiger partial charge in [-0.2, -0.15) is 0 Å². The minimum Gasteiger partial charge on any atom is -0.297 e. The van der Waals surface area contributed by atoms with Crippen LogP contribution in [0.3, 0.4) is 0 Å². The first kappa shape index (κ1) is 23.5. The van der Waals surface area contributed by atoms with E-state index in [1.807, 2.05) is 84.9 Å². The highest BCUT2D eigenvalue weighted by molar-refractivity contribution is 6.31. The normalized spacial score (nSPS) is 25.5. The summed E-state index contributed by atoms with van der Waals surface area (Å²) >= 11 is 0. The summed E-state index contributed by atoms with van der Waals surface area (Å²) in [7, 11) is 0. The first-order valence-corrected chi connectivity index (χ1v) is 14.4. The molecule has 0 aromatic heterocycles. The van der Waals surface area contributed by atoms with Gasteiger partial charge in [-0.05, 0) is 43.8 Å². The van der Waals surface area contributed by atoms with Crippen LogP contribution in [-0.2, 0) is 15.6 Å². The summed E-state index contributed by atoms with van der Waals surface area (Å²) in [5, 5.41) is 3.99. The molecule has 0 radical (unpaired) electrons. The first-order valence-electron chi connectivity index (χ1n) is 14.4. The van der Waals surface area contributed by atoms with E-state index >= 15 is 4.79 Å². The number of rotatable bonds is 2. The average Bonchev–Trinajstić information content (AvgIpc) is 3.45. The molecule has 4 atom stereocenters. The lowest BCUT2D eigenvalue weighted by Gasteiger charge is -2.44. The van der Waals surface area contributed by atoms with Crippen LogP contribution in [0, 0.1) is 11.8 Å². The molecular formula is C39H24O3. The molecule has 42 heavy (non-hydrogen) atoms. The number of hydrogen-bond acceptors (Lipinski definition) is 3. The van der Waals surface area contributed by atoms with Crippen LogP contribution in [0.1, 0.15) is 43.0 Å². The van der Waals surface area contributed by atoms with E-state index in [9.17, 15) is 9.59 Å². The van der Waals surface area contributed by atoms with E-state index in [1.165, 1.54) is 0 Å². The Morgan fingerprint density at radius 1 is 0.381 bits per heavy atom. The van der Waals surface area contributed by atoms with Gasteiger partial charge in [0, 0.05) is 11.1 Å². The van der Waals surface area contributed by atoms with Crippen molar-refractivity contribution >= 4 is 38.9 Å². The number of carbonyl (C=O) groups is 3. The van der Waals surface area contributed by atoms with Crippen molar-refractivity contribution < 1.29 is 14.4 Å². The summed E-state index contributed by atoms with van der Waals surface area (Å²) in [6.45, 7) is 0. The standard InChI is InChI=1S/C39H24O3/c40-35-29-21-11-12-22-30(29)36(41)34-33(35)38(23-13-3-1-4-14-23)31-27-19-9-7-17-25(27)26-18-8-10-20-28(26)32(31)39(34,37(38)42)24-15-5-2-6-16-24/h1-22,33-34H/t33?,34?,38-,39+. The largest absolute Gasteiger partial charge is 0.297 e. The van der Waals surface area contributed by atoms with Crippen LogP contribution in [-0.4, -0.2) is 17.3 Å². The molecule has 198 valence electrons. The van der Waals surface area contributed by atoms with Gasteiger partial charge in [-0.25, -0.2) is 0 Å². The van der Waals surface area contributed by atoms with E-state index in [0.717, 1.165) is 43.8 Å². The monoisotopic (exact) mass is 540 g/mol. The van der Waals surface area contributed by atoms with Crippen molar-refractivity contribution in [1.29, 1.82) is 0 Å². The molecule has 0 spiro atoms. The van der Waals surface area contributed by atoms with Gasteiger partial charge >= 0.3 is 0 Å². The van der Waals surface area contributed by atoms with Gasteiger partial charge in [0.1, 0.15) is 0 Å². The molecule has 0 saturated heterocycles. The zero-order chi connectivity index (χ0) is 28.2. The fourth-order valence-electron chi connectivity index (χ4n) is 8.85. The highest BCUT2D eigenvalue weighted by atomic mass is 16.2. The third-order valence-electron chi connectivity index (χ3n) is 10.2. The predicted octanol–water partition coefficient (Wildman–Crippen LogP) is 7.47. The topological polar surface area (TPSA) is 51.2 Å². The second-order valence-corrected chi connectivity index (χ2v) is 11.7. The van der Waals surface area contributed by atoms with Gasteiger partial charge in [0.25, 0.3) is 0 Å². The smallest absolute Gasteiger partial charge is 0.169 e. The van der Waals surface area contributed by atoms with E-state index in [0.29, 0.717) is 11.1 Å². The minimum absolute atomic E-state index is 0.0755. The van der Waals surface area contributed by atoms with Gasteiger partial charge in [0.2, 0.25) is 0 Å². The van der Waals surface area contributed by atoms with Crippen LogP contribution in [0.5, 0.6) is 0 Å². The molecular weight excluding hydrogens is 516 g/mol. The maximum absolute atomic E-state index is 15.9. The summed E-state index contributed by atoms with van der Waals surface area (Å²) < 4.78 is 0. The zero-order valence-corrected chi connectivity index (χ0v) is 22.6. The number of ketones is 3. The van der Waals surface area contributed by atoms with Crippen LogP contribution in [0.4, 0.5) is 0 Å². The van der Waals surface area contributed by atoms with Crippen LogP contribution in [0.25, 0.3) is 21.5 Å². The first-order chi connectivity index (χ1) is 20.6. The Kier molecular flexibility index (Phi) is 4.48. The Balaban J connectivity index is 1.59. The van der Waals surface area contributed by atoms with Crippen LogP contribution in [0.2, 0.25) is 0 Å². The van der Waals surface area contributed by atoms with Crippen molar-refractivity contribution in [2.45, 2.75) is 10.8 Å². The van der Waals surface area contributed by atoms with Crippen LogP contribution < -0.4 is 0 Å². The fourth-order valence-corrected chi connectivity index (χ4v) is 8.85. The Morgan fingerprint density at radius 3 is 1.12 bits per heavy atom. The molecule has 1 saturated carbocycles. The molecule has 3 aliphatic rings. The summed E-state index contributed by atoms with van der Waals surface area (Å²) in [4.78, 5) is 45.5. The molecule has 0 aliphatic heterocycles. The molecule has 9 rings (SSSR count). The highest BCUT2D eigenvalue weighted by Gasteiger charge is 2.80. The van der Waals surface area contributed by atoms with E-state index < -0.39 is 22.7 Å². The van der Waals surface area contributed by atoms with Crippen molar-refractivity contribution in [3.63, 3.8) is 0 Å². The second kappa shape index (κ2) is 7.98. The summed E-state index contributed by atoms with van der Waals surface area (Å²) in [6.07, 6.45) is 0. The molecule has 3 heteroatoms. The van der Waals surface area contributed by atoms with E-state index in [2.05, 4.69) is 24.3 Å². The maximum atomic E-state index is 15.9. The van der Waals surface area contributed by atoms with Crippen molar-refractivity contribution in [3.05, 3.63) is 167 Å². The summed E-state index contributed by atoms with van der Waals surface area (Å²) in [5.41, 5.74) is 1.44. The molecule has 0 amide bonds. The Bertz CT molecular complexity index is 2010. The average molecular weight is 541 g/mol. The molecule has 1 fully saturated rings. The third-order valence-corrected chi connectivity index (χ3v) is 10.2. The second-order valence-electron chi connectivity index (χ2n) is 11.7. The highest BCUT2D eigenvalue weighted by Crippen LogP contribution is 2.72. The van der Waals surface area contributed by atoms with Gasteiger partial charge in [0.05, 0.1) is 22.7 Å². The van der Waals surface area contributed by atoms with Crippen molar-refractivity contribution in [2.24, 2.45) is 11.8 Å². The van der Waals surface area contributed by atoms with Crippen molar-refractivity contribution in [3.8, 4) is 0 Å². The molecule has 3 aliphatic carbocycles. The van der Waals surface area contributed by atoms with E-state index in [1.54, 1.807) is 24.3 Å². The van der Waals surface area contributed by atoms with Crippen LogP contribution in [0.15, 0.2) is 133 Å². The molecule has 3 nitrogen and oxygen atoms in total. The lowest BCUT2D eigenvalue weighted by Crippen LogP contribution is -2.51. The summed E-state index contributed by atoms with van der Waals surface area (Å²) in [5.74, 6) is -2.08. The number of Topliss-reactive ketones (excluding diaryl/α,β-unsaturated/α-hetero) is 3. The molecule has 0 N–H and O–H groups in total. The van der Waals surface area contributed by atoms with Gasteiger partial charge in [-0.3, -0.25) is 14.4 Å². The van der Waals surface area contributed by atoms with E-state index in [4.69, 9.17) is 0 Å². The number of fused-ring (bicyclic) bond motifs is 14. The number of hydrogen-bond donors (Lipinski definition) is 0. The van der Waals surface area contributed by atoms with Gasteiger partial charge in [0.15, 0.2) is 17.3 Å². The molecule has 0 heterocycles.